The van der Waals surface area contributed by atoms with E-state index < -0.39 is 0 Å². The van der Waals surface area contributed by atoms with E-state index in [4.69, 9.17) is 10.5 Å². The number of imidazole rings is 1. The highest BCUT2D eigenvalue weighted by atomic mass is 16.5. The maximum atomic E-state index is 11.6. The Bertz CT molecular complexity index is 374. The van der Waals surface area contributed by atoms with Gasteiger partial charge in [-0.15, -0.1) is 0 Å². The Kier molecular flexibility index (Phi) is 6.43. The first kappa shape index (κ1) is 14.7. The van der Waals surface area contributed by atoms with Crippen LogP contribution in [0.3, 0.4) is 0 Å². The number of nitrogens with two attached hydrogens (primary N) is 1. The van der Waals surface area contributed by atoms with Gasteiger partial charge < -0.3 is 15.0 Å². The molecule has 0 aliphatic carbocycles. The second-order valence-electron chi connectivity index (χ2n) is 4.41. The molecule has 0 bridgehead atoms. The van der Waals surface area contributed by atoms with E-state index >= 15 is 0 Å². The predicted octanol–water partition coefficient (Wildman–Crippen LogP) is 1.80. The van der Waals surface area contributed by atoms with E-state index in [0.717, 1.165) is 37.8 Å². The topological polar surface area (TPSA) is 70.1 Å². The van der Waals surface area contributed by atoms with Crippen molar-refractivity contribution in [3.63, 3.8) is 0 Å². The minimum Gasteiger partial charge on any atom is -0.392 e. The lowest BCUT2D eigenvalue weighted by Crippen LogP contribution is -2.12. The summed E-state index contributed by atoms with van der Waals surface area (Å²) in [4.78, 5) is 15.7. The lowest BCUT2D eigenvalue weighted by molar-refractivity contribution is -0.135. The average molecular weight is 253 g/mol. The van der Waals surface area contributed by atoms with Crippen molar-refractivity contribution in [2.75, 3.05) is 6.54 Å². The first-order chi connectivity index (χ1) is 8.69. The largest absolute Gasteiger partial charge is 0.392 e. The minimum atomic E-state index is -0.209. The smallest absolute Gasteiger partial charge is 0.313 e. The van der Waals surface area contributed by atoms with E-state index in [1.807, 2.05) is 7.05 Å². The van der Waals surface area contributed by atoms with Crippen molar-refractivity contribution in [2.24, 2.45) is 12.8 Å². The van der Waals surface area contributed by atoms with Gasteiger partial charge in [0, 0.05) is 25.6 Å². The predicted molar refractivity (Wildman–Crippen MR) is 70.4 cm³/mol. The van der Waals surface area contributed by atoms with Gasteiger partial charge in [-0.25, -0.2) is 4.98 Å². The van der Waals surface area contributed by atoms with Crippen LogP contribution in [0.2, 0.25) is 0 Å². The van der Waals surface area contributed by atoms with E-state index in [-0.39, 0.29) is 5.97 Å². The summed E-state index contributed by atoms with van der Waals surface area (Å²) in [5.41, 5.74) is 6.46. The molecule has 1 rings (SSSR count). The van der Waals surface area contributed by atoms with Gasteiger partial charge in [-0.2, -0.15) is 0 Å². The average Bonchev–Trinajstić information content (AvgIpc) is 2.68. The molecule has 0 atom stereocenters. The molecular formula is C13H23N3O2. The highest BCUT2D eigenvalue weighted by molar-refractivity contribution is 5.71. The van der Waals surface area contributed by atoms with Crippen LogP contribution in [0.5, 0.6) is 6.01 Å². The Labute approximate surface area is 108 Å². The molecule has 0 spiro atoms. The number of aromatic nitrogens is 2. The van der Waals surface area contributed by atoms with E-state index in [1.54, 1.807) is 10.8 Å². The summed E-state index contributed by atoms with van der Waals surface area (Å²) in [7, 11) is 1.83. The maximum Gasteiger partial charge on any atom is 0.313 e. The molecule has 0 aliphatic rings. The summed E-state index contributed by atoms with van der Waals surface area (Å²) in [6.45, 7) is 2.70. The minimum absolute atomic E-state index is 0.209. The van der Waals surface area contributed by atoms with Crippen molar-refractivity contribution in [1.82, 2.24) is 9.55 Å². The van der Waals surface area contributed by atoms with Gasteiger partial charge in [0.25, 0.3) is 0 Å². The lowest BCUT2D eigenvalue weighted by atomic mass is 10.2. The zero-order valence-electron chi connectivity index (χ0n) is 11.3. The molecular weight excluding hydrogens is 230 g/mol. The number of hydrogen-bond acceptors (Lipinski definition) is 4. The van der Waals surface area contributed by atoms with Crippen molar-refractivity contribution >= 4 is 5.97 Å². The van der Waals surface area contributed by atoms with Crippen molar-refractivity contribution in [3.8, 4) is 6.01 Å². The highest BCUT2D eigenvalue weighted by Crippen LogP contribution is 2.12. The summed E-state index contributed by atoms with van der Waals surface area (Å²) in [5.74, 6) is -0.209. The molecule has 102 valence electrons. The fourth-order valence-corrected chi connectivity index (χ4v) is 1.75. The van der Waals surface area contributed by atoms with E-state index in [9.17, 15) is 4.79 Å². The zero-order chi connectivity index (χ0) is 13.4. The van der Waals surface area contributed by atoms with Gasteiger partial charge in [-0.05, 0) is 13.0 Å². The molecule has 5 nitrogen and oxygen atoms in total. The molecule has 5 heteroatoms. The third-order valence-electron chi connectivity index (χ3n) is 2.88. The second-order valence-corrected chi connectivity index (χ2v) is 4.41. The molecule has 0 amide bonds. The first-order valence-corrected chi connectivity index (χ1v) is 6.60. The van der Waals surface area contributed by atoms with Gasteiger partial charge in [0.2, 0.25) is 0 Å². The van der Waals surface area contributed by atoms with Crippen molar-refractivity contribution in [2.45, 2.75) is 45.4 Å². The van der Waals surface area contributed by atoms with Crippen molar-refractivity contribution in [1.29, 1.82) is 0 Å². The van der Waals surface area contributed by atoms with Crippen LogP contribution < -0.4 is 10.5 Å². The van der Waals surface area contributed by atoms with Gasteiger partial charge in [0.05, 0.1) is 6.20 Å². The maximum absolute atomic E-state index is 11.6. The SMILES string of the molecule is CCCCCCC(=O)Oc1ncc(CCN)n1C. The number of carbonyl (C=O) groups is 1. The quantitative estimate of drug-likeness (QED) is 0.566. The molecule has 1 aromatic heterocycles. The van der Waals surface area contributed by atoms with Gasteiger partial charge in [0.15, 0.2) is 0 Å². The van der Waals surface area contributed by atoms with Crippen molar-refractivity contribution in [3.05, 3.63) is 11.9 Å². The third kappa shape index (κ3) is 4.49. The molecule has 1 heterocycles. The Morgan fingerprint density at radius 2 is 2.22 bits per heavy atom. The number of carbonyl (C=O) groups excluding carboxylic acids is 1. The third-order valence-corrected chi connectivity index (χ3v) is 2.88. The second kappa shape index (κ2) is 7.87. The van der Waals surface area contributed by atoms with Gasteiger partial charge in [0.1, 0.15) is 0 Å². The fraction of sp³-hybridized carbons (Fsp3) is 0.692. The number of esters is 1. The molecule has 0 aromatic carbocycles. The number of unbranched alkanes of at least 4 members (excludes halogenated alkanes) is 3. The van der Waals surface area contributed by atoms with Crippen LogP contribution in [0.15, 0.2) is 6.20 Å². The highest BCUT2D eigenvalue weighted by Gasteiger charge is 2.11. The van der Waals surface area contributed by atoms with E-state index in [2.05, 4.69) is 11.9 Å². The molecule has 0 aliphatic heterocycles. The molecule has 2 N–H and O–H groups in total. The van der Waals surface area contributed by atoms with Crippen LogP contribution in [-0.4, -0.2) is 22.1 Å². The van der Waals surface area contributed by atoms with Gasteiger partial charge in [-0.1, -0.05) is 26.2 Å². The normalized spacial score (nSPS) is 10.6. The number of rotatable bonds is 8. The number of hydrogen-bond donors (Lipinski definition) is 1. The Morgan fingerprint density at radius 1 is 1.44 bits per heavy atom. The number of nitrogens with zero attached hydrogens (tertiary/aromatic N) is 2. The molecule has 0 radical (unpaired) electrons. The fourth-order valence-electron chi connectivity index (χ4n) is 1.75. The van der Waals surface area contributed by atoms with Crippen LogP contribution in [0, 0.1) is 0 Å². The van der Waals surface area contributed by atoms with Crippen LogP contribution in [0.25, 0.3) is 0 Å². The van der Waals surface area contributed by atoms with Crippen LogP contribution >= 0.6 is 0 Å². The summed E-state index contributed by atoms with van der Waals surface area (Å²) < 4.78 is 7.00. The van der Waals surface area contributed by atoms with E-state index in [0.29, 0.717) is 19.0 Å². The molecule has 0 unspecified atom stereocenters. The van der Waals surface area contributed by atoms with E-state index in [1.165, 1.54) is 0 Å². The lowest BCUT2D eigenvalue weighted by Gasteiger charge is -2.05. The summed E-state index contributed by atoms with van der Waals surface area (Å²) >= 11 is 0. The molecule has 0 saturated carbocycles. The Morgan fingerprint density at radius 3 is 2.89 bits per heavy atom. The standard InChI is InChI=1S/C13H23N3O2/c1-3-4-5-6-7-12(17)18-13-15-10-11(8-9-14)16(13)2/h10H,3-9,14H2,1-2H3. The molecule has 18 heavy (non-hydrogen) atoms. The van der Waals surface area contributed by atoms with Crippen LogP contribution in [0.1, 0.15) is 44.7 Å². The first-order valence-electron chi connectivity index (χ1n) is 6.60. The Balaban J connectivity index is 2.39. The van der Waals surface area contributed by atoms with Crippen LogP contribution in [0.4, 0.5) is 0 Å². The van der Waals surface area contributed by atoms with Crippen LogP contribution in [-0.2, 0) is 18.3 Å². The zero-order valence-corrected chi connectivity index (χ0v) is 11.3. The number of ether oxygens (including phenoxy) is 1. The van der Waals surface area contributed by atoms with Gasteiger partial charge >= 0.3 is 12.0 Å². The van der Waals surface area contributed by atoms with Crippen molar-refractivity contribution < 1.29 is 9.53 Å². The summed E-state index contributed by atoms with van der Waals surface area (Å²) in [5, 5.41) is 0. The summed E-state index contributed by atoms with van der Waals surface area (Å²) in [6, 6.07) is 0.360. The molecule has 0 saturated heterocycles. The summed E-state index contributed by atoms with van der Waals surface area (Å²) in [6.07, 6.45) is 7.17. The monoisotopic (exact) mass is 253 g/mol. The van der Waals surface area contributed by atoms with Gasteiger partial charge in [-0.3, -0.25) is 4.79 Å². The Hall–Kier alpha value is -1.36. The molecule has 0 fully saturated rings. The molecule has 1 aromatic rings.